The van der Waals surface area contributed by atoms with E-state index in [0.717, 1.165) is 51.4 Å². The van der Waals surface area contributed by atoms with E-state index in [4.69, 9.17) is 0 Å². The first-order valence-corrected chi connectivity index (χ1v) is 10.5. The maximum Gasteiger partial charge on any atom is 0.257 e. The Balaban J connectivity index is 1.43. The highest BCUT2D eigenvalue weighted by molar-refractivity contribution is 5.98. The van der Waals surface area contributed by atoms with Crippen LogP contribution in [0.15, 0.2) is 48.7 Å². The second-order valence-electron chi connectivity index (χ2n) is 8.16. The molecule has 2 aliphatic rings. The monoisotopic (exact) mass is 378 g/mol. The third kappa shape index (κ3) is 4.36. The van der Waals surface area contributed by atoms with E-state index in [1.54, 1.807) is 6.20 Å². The predicted octanol–water partition coefficient (Wildman–Crippen LogP) is 3.64. The minimum Gasteiger partial charge on any atom is -0.365 e. The third-order valence-corrected chi connectivity index (χ3v) is 5.94. The van der Waals surface area contributed by atoms with Crippen LogP contribution in [0.25, 0.3) is 0 Å². The number of nitrogens with one attached hydrogen (secondary N) is 1. The quantitative estimate of drug-likeness (QED) is 0.863. The fourth-order valence-corrected chi connectivity index (χ4v) is 4.36. The van der Waals surface area contributed by atoms with Crippen LogP contribution in [0.2, 0.25) is 0 Å². The zero-order chi connectivity index (χ0) is 19.3. The van der Waals surface area contributed by atoms with Gasteiger partial charge in [0.15, 0.2) is 0 Å². The van der Waals surface area contributed by atoms with Crippen molar-refractivity contribution in [2.75, 3.05) is 31.5 Å². The zero-order valence-electron chi connectivity index (χ0n) is 16.7. The maximum absolute atomic E-state index is 13.0. The second kappa shape index (κ2) is 8.74. The molecule has 2 fully saturated rings. The Morgan fingerprint density at radius 3 is 2.64 bits per heavy atom. The number of amides is 1. The van der Waals surface area contributed by atoms with Crippen molar-refractivity contribution < 1.29 is 4.79 Å². The Hall–Kier alpha value is -2.40. The molecule has 2 saturated heterocycles. The lowest BCUT2D eigenvalue weighted by Crippen LogP contribution is -2.37. The number of rotatable bonds is 5. The summed E-state index contributed by atoms with van der Waals surface area (Å²) in [5.41, 5.74) is 2.05. The van der Waals surface area contributed by atoms with Gasteiger partial charge in [0.05, 0.1) is 5.56 Å². The number of nitrogens with zero attached hydrogens (tertiary/aromatic N) is 3. The van der Waals surface area contributed by atoms with Crippen molar-refractivity contribution >= 4 is 11.7 Å². The molecule has 148 valence electrons. The number of hydrogen-bond donors (Lipinski definition) is 1. The number of aromatic nitrogens is 1. The average molecular weight is 379 g/mol. The lowest BCUT2D eigenvalue weighted by molar-refractivity contribution is 0.0725. The van der Waals surface area contributed by atoms with Crippen LogP contribution in [0.5, 0.6) is 0 Å². The molecule has 5 heteroatoms. The van der Waals surface area contributed by atoms with Crippen LogP contribution >= 0.6 is 0 Å². The van der Waals surface area contributed by atoms with Crippen molar-refractivity contribution in [1.29, 1.82) is 0 Å². The van der Waals surface area contributed by atoms with Gasteiger partial charge in [0.1, 0.15) is 5.82 Å². The van der Waals surface area contributed by atoms with Gasteiger partial charge in [-0.1, -0.05) is 37.3 Å². The van der Waals surface area contributed by atoms with Crippen LogP contribution in [0.4, 0.5) is 5.82 Å². The molecule has 0 bridgehead atoms. The molecule has 0 spiro atoms. The Kier molecular flexibility index (Phi) is 5.91. The molecule has 1 aromatic carbocycles. The van der Waals surface area contributed by atoms with Gasteiger partial charge >= 0.3 is 0 Å². The second-order valence-corrected chi connectivity index (χ2v) is 8.16. The SMILES string of the molecule is CC1CN(Cc2ccccc2)CC1Nc1ncccc1C(=O)N1CCCCC1. The van der Waals surface area contributed by atoms with Gasteiger partial charge in [0.2, 0.25) is 0 Å². The van der Waals surface area contributed by atoms with E-state index in [1.165, 1.54) is 12.0 Å². The first-order valence-electron chi connectivity index (χ1n) is 10.5. The van der Waals surface area contributed by atoms with Crippen molar-refractivity contribution in [3.63, 3.8) is 0 Å². The molecule has 2 aromatic rings. The summed E-state index contributed by atoms with van der Waals surface area (Å²) in [6, 6.07) is 14.7. The van der Waals surface area contributed by atoms with Crippen LogP contribution in [-0.4, -0.2) is 52.9 Å². The molecule has 1 aromatic heterocycles. The van der Waals surface area contributed by atoms with E-state index < -0.39 is 0 Å². The number of anilines is 1. The molecule has 28 heavy (non-hydrogen) atoms. The normalized spacial score (nSPS) is 23.0. The summed E-state index contributed by atoms with van der Waals surface area (Å²) in [5.74, 6) is 1.35. The topological polar surface area (TPSA) is 48.5 Å². The van der Waals surface area contributed by atoms with Gasteiger partial charge in [-0.2, -0.15) is 0 Å². The predicted molar refractivity (Wildman–Crippen MR) is 112 cm³/mol. The molecular weight excluding hydrogens is 348 g/mol. The number of benzene rings is 1. The van der Waals surface area contributed by atoms with Crippen LogP contribution in [0.3, 0.4) is 0 Å². The van der Waals surface area contributed by atoms with E-state index in [9.17, 15) is 4.79 Å². The molecule has 5 nitrogen and oxygen atoms in total. The number of pyridine rings is 1. The average Bonchev–Trinajstić information content (AvgIpc) is 3.08. The summed E-state index contributed by atoms with van der Waals surface area (Å²) in [7, 11) is 0. The minimum atomic E-state index is 0.113. The smallest absolute Gasteiger partial charge is 0.257 e. The van der Waals surface area contributed by atoms with Crippen LogP contribution in [0.1, 0.15) is 42.1 Å². The Morgan fingerprint density at radius 1 is 1.07 bits per heavy atom. The highest BCUT2D eigenvalue weighted by Crippen LogP contribution is 2.24. The maximum atomic E-state index is 13.0. The molecule has 1 amide bonds. The summed E-state index contributed by atoms with van der Waals surface area (Å²) >= 11 is 0. The zero-order valence-corrected chi connectivity index (χ0v) is 16.7. The molecule has 0 saturated carbocycles. The Bertz CT molecular complexity index is 788. The van der Waals surface area contributed by atoms with Gasteiger partial charge in [-0.3, -0.25) is 9.69 Å². The van der Waals surface area contributed by atoms with Crippen molar-refractivity contribution in [1.82, 2.24) is 14.8 Å². The molecular formula is C23H30N4O. The van der Waals surface area contributed by atoms with E-state index >= 15 is 0 Å². The number of carbonyl (C=O) groups is 1. The molecule has 2 atom stereocenters. The van der Waals surface area contributed by atoms with Gasteiger partial charge in [-0.15, -0.1) is 0 Å². The molecule has 3 heterocycles. The number of hydrogen-bond acceptors (Lipinski definition) is 4. The van der Waals surface area contributed by atoms with Crippen molar-refractivity contribution in [2.45, 2.75) is 38.8 Å². The summed E-state index contributed by atoms with van der Waals surface area (Å²) in [5, 5.41) is 3.59. The lowest BCUT2D eigenvalue weighted by atomic mass is 10.1. The highest BCUT2D eigenvalue weighted by Gasteiger charge is 2.31. The standard InChI is InChI=1S/C23H30N4O/c1-18-15-26(16-19-9-4-2-5-10-19)17-21(18)25-22-20(11-8-12-24-22)23(28)27-13-6-3-7-14-27/h2,4-5,8-12,18,21H,3,6-7,13-17H2,1H3,(H,24,25). The number of piperidine rings is 1. The van der Waals surface area contributed by atoms with E-state index in [2.05, 4.69) is 52.5 Å². The van der Waals surface area contributed by atoms with Gasteiger partial charge < -0.3 is 10.2 Å². The van der Waals surface area contributed by atoms with Crippen LogP contribution in [0, 0.1) is 5.92 Å². The molecule has 2 aliphatic heterocycles. The summed E-state index contributed by atoms with van der Waals surface area (Å²) < 4.78 is 0. The lowest BCUT2D eigenvalue weighted by Gasteiger charge is -2.28. The van der Waals surface area contributed by atoms with Crippen LogP contribution in [-0.2, 0) is 6.54 Å². The fourth-order valence-electron chi connectivity index (χ4n) is 4.36. The highest BCUT2D eigenvalue weighted by atomic mass is 16.2. The van der Waals surface area contributed by atoms with Crippen molar-refractivity contribution in [2.24, 2.45) is 5.92 Å². The summed E-state index contributed by atoms with van der Waals surface area (Å²) in [6.07, 6.45) is 5.20. The first kappa shape index (κ1) is 18.9. The molecule has 0 aliphatic carbocycles. The van der Waals surface area contributed by atoms with E-state index in [1.807, 2.05) is 17.0 Å². The number of carbonyl (C=O) groups excluding carboxylic acids is 1. The van der Waals surface area contributed by atoms with E-state index in [-0.39, 0.29) is 5.91 Å². The third-order valence-electron chi connectivity index (χ3n) is 5.94. The van der Waals surface area contributed by atoms with Gasteiger partial charge in [0, 0.05) is 45.0 Å². The minimum absolute atomic E-state index is 0.113. The van der Waals surface area contributed by atoms with Gasteiger partial charge in [-0.05, 0) is 42.9 Å². The van der Waals surface area contributed by atoms with Gasteiger partial charge in [0.25, 0.3) is 5.91 Å². The number of likely N-dealkylation sites (tertiary alicyclic amines) is 2. The van der Waals surface area contributed by atoms with Crippen molar-refractivity contribution in [3.05, 3.63) is 59.8 Å². The summed E-state index contributed by atoms with van der Waals surface area (Å²) in [4.78, 5) is 22.0. The van der Waals surface area contributed by atoms with Crippen molar-refractivity contribution in [3.8, 4) is 0 Å². The Morgan fingerprint density at radius 2 is 1.86 bits per heavy atom. The first-order chi connectivity index (χ1) is 13.7. The molecule has 1 N–H and O–H groups in total. The fraction of sp³-hybridized carbons (Fsp3) is 0.478. The summed E-state index contributed by atoms with van der Waals surface area (Å²) in [6.45, 7) is 6.97. The molecule has 4 rings (SSSR count). The molecule has 2 unspecified atom stereocenters. The van der Waals surface area contributed by atoms with Crippen LogP contribution < -0.4 is 5.32 Å². The van der Waals surface area contributed by atoms with Gasteiger partial charge in [-0.25, -0.2) is 4.98 Å². The largest absolute Gasteiger partial charge is 0.365 e. The molecule has 0 radical (unpaired) electrons. The Labute approximate surface area is 167 Å². The van der Waals surface area contributed by atoms with E-state index in [0.29, 0.717) is 17.5 Å².